The Balaban J connectivity index is 1.85. The minimum atomic E-state index is -0.742. The Hall–Kier alpha value is -2.16. The number of amides is 1. The first-order valence-corrected chi connectivity index (χ1v) is 11.7. The first kappa shape index (κ1) is 25.5. The van der Waals surface area contributed by atoms with Crippen molar-refractivity contribution in [2.45, 2.75) is 27.2 Å². The van der Waals surface area contributed by atoms with Gasteiger partial charge < -0.3 is 20.1 Å². The van der Waals surface area contributed by atoms with E-state index in [0.717, 1.165) is 16.1 Å². The van der Waals surface area contributed by atoms with Crippen molar-refractivity contribution in [2.24, 2.45) is 11.3 Å². The number of halogens is 3. The van der Waals surface area contributed by atoms with Crippen LogP contribution in [0.25, 0.3) is 0 Å². The second-order valence-corrected chi connectivity index (χ2v) is 10.1. The zero-order chi connectivity index (χ0) is 24.3. The van der Waals surface area contributed by atoms with Gasteiger partial charge in [0.05, 0.1) is 38.0 Å². The zero-order valence-corrected chi connectivity index (χ0v) is 21.3. The van der Waals surface area contributed by atoms with E-state index < -0.39 is 17.7 Å². The van der Waals surface area contributed by atoms with Crippen LogP contribution in [0.3, 0.4) is 0 Å². The summed E-state index contributed by atoms with van der Waals surface area (Å²) in [4.78, 5) is 24.8. The van der Waals surface area contributed by atoms with Gasteiger partial charge in [-0.25, -0.2) is 9.18 Å². The van der Waals surface area contributed by atoms with E-state index in [-0.39, 0.29) is 29.0 Å². The second kappa shape index (κ2) is 10.4. The number of nitrogens with one attached hydrogen (secondary N) is 2. The van der Waals surface area contributed by atoms with Gasteiger partial charge >= 0.3 is 5.97 Å². The van der Waals surface area contributed by atoms with E-state index in [1.807, 2.05) is 13.0 Å². The molecule has 0 aliphatic carbocycles. The van der Waals surface area contributed by atoms with Crippen LogP contribution in [0.5, 0.6) is 0 Å². The van der Waals surface area contributed by atoms with Crippen LogP contribution in [0, 0.1) is 24.1 Å². The Morgan fingerprint density at radius 1 is 1.30 bits per heavy atom. The molecule has 1 fully saturated rings. The fourth-order valence-electron chi connectivity index (χ4n) is 3.69. The third kappa shape index (κ3) is 6.05. The summed E-state index contributed by atoms with van der Waals surface area (Å²) in [5.41, 5.74) is 1.81. The highest BCUT2D eigenvalue weighted by molar-refractivity contribution is 9.10. The maximum atomic E-state index is 15.0. The fourth-order valence-corrected chi connectivity index (χ4v) is 4.40. The number of carbonyl (C=O) groups is 2. The third-order valence-electron chi connectivity index (χ3n) is 5.89. The number of aryl methyl sites for hydroxylation is 1. The lowest BCUT2D eigenvalue weighted by molar-refractivity contribution is -0.115. The van der Waals surface area contributed by atoms with Crippen LogP contribution in [0.1, 0.15) is 35.3 Å². The van der Waals surface area contributed by atoms with Gasteiger partial charge in [0.2, 0.25) is 5.91 Å². The molecule has 0 saturated carbocycles. The van der Waals surface area contributed by atoms with E-state index in [1.165, 1.54) is 13.2 Å². The highest BCUT2D eigenvalue weighted by atomic mass is 79.9. The van der Waals surface area contributed by atoms with Gasteiger partial charge in [0.1, 0.15) is 11.5 Å². The van der Waals surface area contributed by atoms with Gasteiger partial charge in [-0.3, -0.25) is 4.79 Å². The normalized spacial score (nSPS) is 17.0. The summed E-state index contributed by atoms with van der Waals surface area (Å²) < 4.78 is 26.2. The minimum Gasteiger partial charge on any atom is -0.465 e. The van der Waals surface area contributed by atoms with Crippen LogP contribution in [-0.2, 0) is 20.7 Å². The van der Waals surface area contributed by atoms with Crippen LogP contribution in [-0.4, -0.2) is 38.7 Å². The molecule has 3 rings (SSSR count). The molecule has 178 valence electrons. The van der Waals surface area contributed by atoms with Gasteiger partial charge in [-0.1, -0.05) is 47.4 Å². The van der Waals surface area contributed by atoms with E-state index in [2.05, 4.69) is 40.4 Å². The van der Waals surface area contributed by atoms with Crippen LogP contribution in [0.4, 0.5) is 15.8 Å². The first-order valence-electron chi connectivity index (χ1n) is 10.5. The summed E-state index contributed by atoms with van der Waals surface area (Å²) >= 11 is 9.68. The van der Waals surface area contributed by atoms with Crippen molar-refractivity contribution in [2.75, 3.05) is 37.5 Å². The fraction of sp³-hybridized carbons (Fsp3) is 0.417. The lowest BCUT2D eigenvalue weighted by Crippen LogP contribution is -2.29. The molecule has 6 nitrogen and oxygen atoms in total. The minimum absolute atomic E-state index is 0.0330. The van der Waals surface area contributed by atoms with Gasteiger partial charge in [0.25, 0.3) is 0 Å². The Morgan fingerprint density at radius 2 is 2.03 bits per heavy atom. The van der Waals surface area contributed by atoms with E-state index >= 15 is 4.39 Å². The van der Waals surface area contributed by atoms with Gasteiger partial charge in [-0.05, 0) is 41.7 Å². The van der Waals surface area contributed by atoms with Gasteiger partial charge in [0.15, 0.2) is 0 Å². The molecule has 1 aliphatic heterocycles. The molecule has 0 aromatic heterocycles. The zero-order valence-electron chi connectivity index (χ0n) is 19.0. The Bertz CT molecular complexity index is 1080. The van der Waals surface area contributed by atoms with Crippen molar-refractivity contribution < 1.29 is 23.5 Å². The maximum absolute atomic E-state index is 15.0. The highest BCUT2D eigenvalue weighted by Crippen LogP contribution is 2.35. The van der Waals surface area contributed by atoms with Crippen molar-refractivity contribution in [3.63, 3.8) is 0 Å². The van der Waals surface area contributed by atoms with Crippen molar-refractivity contribution in [1.82, 2.24) is 0 Å². The monoisotopic (exact) mass is 540 g/mol. The number of methoxy groups -OCH3 is 1. The molecule has 2 aromatic carbocycles. The molecule has 0 bridgehead atoms. The third-order valence-corrected chi connectivity index (χ3v) is 7.10. The number of benzene rings is 2. The molecular weight excluding hydrogens is 515 g/mol. The van der Waals surface area contributed by atoms with Crippen molar-refractivity contribution >= 4 is 50.8 Å². The molecule has 9 heteroatoms. The molecule has 1 unspecified atom stereocenters. The van der Waals surface area contributed by atoms with Crippen LogP contribution < -0.4 is 10.6 Å². The quantitative estimate of drug-likeness (QED) is 0.446. The van der Waals surface area contributed by atoms with Crippen LogP contribution in [0.15, 0.2) is 28.7 Å². The van der Waals surface area contributed by atoms with E-state index in [1.54, 1.807) is 6.07 Å². The van der Waals surface area contributed by atoms with Gasteiger partial charge in [-0.15, -0.1) is 0 Å². The maximum Gasteiger partial charge on any atom is 0.338 e. The summed E-state index contributed by atoms with van der Waals surface area (Å²) in [6.07, 6.45) is -0.0336. The number of rotatable bonds is 7. The van der Waals surface area contributed by atoms with Gasteiger partial charge in [0, 0.05) is 22.0 Å². The summed E-state index contributed by atoms with van der Waals surface area (Å²) in [6.45, 7) is 7.78. The molecule has 1 heterocycles. The largest absolute Gasteiger partial charge is 0.465 e. The average Bonchev–Trinajstić information content (AvgIpc) is 3.09. The molecule has 1 saturated heterocycles. The van der Waals surface area contributed by atoms with Crippen LogP contribution in [0.2, 0.25) is 5.02 Å². The predicted octanol–water partition coefficient (Wildman–Crippen LogP) is 5.60. The number of hydrogen-bond acceptors (Lipinski definition) is 5. The van der Waals surface area contributed by atoms with Gasteiger partial charge in [-0.2, -0.15) is 0 Å². The molecule has 33 heavy (non-hydrogen) atoms. The van der Waals surface area contributed by atoms with Crippen molar-refractivity contribution in [3.05, 3.63) is 56.3 Å². The Morgan fingerprint density at radius 3 is 2.67 bits per heavy atom. The number of esters is 1. The first-order chi connectivity index (χ1) is 15.5. The topological polar surface area (TPSA) is 76.7 Å². The Labute approximate surface area is 206 Å². The number of ether oxygens (including phenoxy) is 2. The number of hydrogen-bond donors (Lipinski definition) is 2. The lowest BCUT2D eigenvalue weighted by atomic mass is 9.82. The standard InChI is InChI=1S/C24H27BrClFN2O4/c1-13-5-14(18(26)9-17(13)25)8-21(30)29-22-19(27)6-15(23(31)32-4)7-20(22)28-10-16-11-33-12-24(16,2)3/h5-7,9,16,28H,8,10-12H2,1-4H3,(H,29,30). The van der Waals surface area contributed by atoms with E-state index in [9.17, 15) is 9.59 Å². The summed E-state index contributed by atoms with van der Waals surface area (Å²) in [6, 6.07) is 6.06. The summed E-state index contributed by atoms with van der Waals surface area (Å²) in [5.74, 6) is -1.67. The molecular formula is C24H27BrClFN2O4. The predicted molar refractivity (Wildman–Crippen MR) is 131 cm³/mol. The summed E-state index contributed by atoms with van der Waals surface area (Å²) in [7, 11) is 1.23. The molecule has 0 radical (unpaired) electrons. The number of carbonyl (C=O) groups excluding carboxylic acids is 2. The highest BCUT2D eigenvalue weighted by Gasteiger charge is 2.35. The second-order valence-electron chi connectivity index (χ2n) is 8.87. The number of anilines is 2. The molecule has 1 atom stereocenters. The summed E-state index contributed by atoms with van der Waals surface area (Å²) in [5, 5.41) is 6.27. The smallest absolute Gasteiger partial charge is 0.338 e. The SMILES string of the molecule is COC(=O)c1cc(F)c(NC(=O)Cc2cc(C)c(Br)cc2Cl)c(NCC2COCC2(C)C)c1. The average molecular weight is 542 g/mol. The van der Waals surface area contributed by atoms with Crippen molar-refractivity contribution in [1.29, 1.82) is 0 Å². The van der Waals surface area contributed by atoms with Crippen molar-refractivity contribution in [3.8, 4) is 0 Å². The molecule has 2 N–H and O–H groups in total. The molecule has 2 aromatic rings. The molecule has 0 spiro atoms. The molecule has 1 amide bonds. The lowest BCUT2D eigenvalue weighted by Gasteiger charge is -2.26. The van der Waals surface area contributed by atoms with E-state index in [0.29, 0.717) is 36.0 Å². The van der Waals surface area contributed by atoms with E-state index in [4.69, 9.17) is 21.1 Å². The Kier molecular flexibility index (Phi) is 8.03. The molecule has 1 aliphatic rings. The van der Waals surface area contributed by atoms with Crippen LogP contribution >= 0.6 is 27.5 Å².